The Labute approximate surface area is 203 Å². The smallest absolute Gasteiger partial charge is 0.263 e. The van der Waals surface area contributed by atoms with Gasteiger partial charge in [-0.15, -0.1) is 0 Å². The normalized spacial score (nSPS) is 17.1. The number of ether oxygens (including phenoxy) is 1. The van der Waals surface area contributed by atoms with Crippen LogP contribution in [-0.4, -0.2) is 50.0 Å². The van der Waals surface area contributed by atoms with Gasteiger partial charge in [-0.25, -0.2) is 0 Å². The van der Waals surface area contributed by atoms with E-state index in [2.05, 4.69) is 20.0 Å². The summed E-state index contributed by atoms with van der Waals surface area (Å²) >= 11 is 0. The molecule has 9 heteroatoms. The summed E-state index contributed by atoms with van der Waals surface area (Å²) < 4.78 is 5.30. The minimum Gasteiger partial charge on any atom is -0.391 e. The summed E-state index contributed by atoms with van der Waals surface area (Å²) in [7, 11) is 0. The van der Waals surface area contributed by atoms with Crippen molar-refractivity contribution in [3.05, 3.63) is 95.6 Å². The van der Waals surface area contributed by atoms with Gasteiger partial charge in [0, 0.05) is 29.9 Å². The molecule has 0 spiro atoms. The van der Waals surface area contributed by atoms with Crippen molar-refractivity contribution in [3.8, 4) is 0 Å². The van der Waals surface area contributed by atoms with Crippen LogP contribution in [0.25, 0.3) is 0 Å². The molecule has 1 atom stereocenters. The highest BCUT2D eigenvalue weighted by Gasteiger charge is 2.22. The van der Waals surface area contributed by atoms with E-state index in [0.29, 0.717) is 18.8 Å². The highest BCUT2D eigenvalue weighted by Crippen LogP contribution is 2.23. The van der Waals surface area contributed by atoms with Gasteiger partial charge < -0.3 is 25.5 Å². The van der Waals surface area contributed by atoms with Crippen molar-refractivity contribution in [1.29, 1.82) is 5.41 Å². The van der Waals surface area contributed by atoms with Crippen LogP contribution >= 0.6 is 0 Å². The number of morpholine rings is 1. The van der Waals surface area contributed by atoms with Gasteiger partial charge in [-0.3, -0.25) is 15.2 Å². The summed E-state index contributed by atoms with van der Waals surface area (Å²) in [6, 6.07) is 24.9. The number of para-hydroxylation sites is 2. The van der Waals surface area contributed by atoms with Crippen molar-refractivity contribution in [2.24, 2.45) is 16.6 Å². The molecule has 6 N–H and O–H groups in total. The van der Waals surface area contributed by atoms with Gasteiger partial charge in [0.1, 0.15) is 0 Å². The second-order valence-electron chi connectivity index (χ2n) is 7.89. The molecule has 1 amide bonds. The fourth-order valence-electron chi connectivity index (χ4n) is 3.91. The molecule has 180 valence electrons. The van der Waals surface area contributed by atoms with E-state index in [1.807, 2.05) is 78.9 Å². The third-order valence-corrected chi connectivity index (χ3v) is 5.64. The molecule has 0 saturated carbocycles. The van der Waals surface area contributed by atoms with Crippen LogP contribution < -0.4 is 21.8 Å². The molecule has 2 aliphatic heterocycles. The molecule has 5 rings (SSSR count). The number of aliphatic imine (C=N–C) groups is 1. The lowest BCUT2D eigenvalue weighted by Crippen LogP contribution is -2.37. The molecule has 1 unspecified atom stereocenters. The zero-order valence-corrected chi connectivity index (χ0v) is 19.2. The number of benzene rings is 3. The molecule has 0 aromatic heterocycles. The van der Waals surface area contributed by atoms with Crippen LogP contribution in [0.4, 0.5) is 11.4 Å². The number of hydrogen-bond donors (Lipinski definition) is 4. The SMILES string of the molecule is N=C(ON)c1ccccc1N1CCOCC1.NC1N=C(c2ccccc2)c2ccccc2NC1=O. The largest absolute Gasteiger partial charge is 0.391 e. The predicted molar refractivity (Wildman–Crippen MR) is 137 cm³/mol. The number of amides is 1. The Morgan fingerprint density at radius 1 is 1.00 bits per heavy atom. The summed E-state index contributed by atoms with van der Waals surface area (Å²) in [5.74, 6) is 4.73. The van der Waals surface area contributed by atoms with Crippen LogP contribution in [0.1, 0.15) is 16.7 Å². The van der Waals surface area contributed by atoms with E-state index in [1.54, 1.807) is 0 Å². The van der Waals surface area contributed by atoms with E-state index in [9.17, 15) is 4.79 Å². The first-order valence-corrected chi connectivity index (χ1v) is 11.2. The maximum Gasteiger partial charge on any atom is 0.263 e. The summed E-state index contributed by atoms with van der Waals surface area (Å²) in [5.41, 5.74) is 10.8. The van der Waals surface area contributed by atoms with Gasteiger partial charge in [-0.1, -0.05) is 60.7 Å². The van der Waals surface area contributed by atoms with Crippen molar-refractivity contribution in [1.82, 2.24) is 0 Å². The Balaban J connectivity index is 0.000000168. The van der Waals surface area contributed by atoms with Crippen molar-refractivity contribution < 1.29 is 14.4 Å². The first-order valence-electron chi connectivity index (χ1n) is 11.2. The van der Waals surface area contributed by atoms with E-state index >= 15 is 0 Å². The number of nitrogens with two attached hydrogens (primary N) is 2. The number of hydrogen-bond acceptors (Lipinski definition) is 8. The maximum absolute atomic E-state index is 11.8. The fourth-order valence-corrected chi connectivity index (χ4v) is 3.91. The van der Waals surface area contributed by atoms with E-state index in [-0.39, 0.29) is 11.8 Å². The van der Waals surface area contributed by atoms with E-state index in [1.165, 1.54) is 0 Å². The maximum atomic E-state index is 11.8. The van der Waals surface area contributed by atoms with Gasteiger partial charge >= 0.3 is 0 Å². The molecule has 2 heterocycles. The van der Waals surface area contributed by atoms with E-state index in [0.717, 1.165) is 41.3 Å². The second kappa shape index (κ2) is 11.4. The summed E-state index contributed by atoms with van der Waals surface area (Å²) in [5, 5.41) is 10.4. The van der Waals surface area contributed by atoms with Gasteiger partial charge in [-0.2, -0.15) is 5.90 Å². The molecule has 0 radical (unpaired) electrons. The van der Waals surface area contributed by atoms with Crippen molar-refractivity contribution in [2.45, 2.75) is 6.17 Å². The number of carbonyl (C=O) groups excluding carboxylic acids is 1. The molecule has 9 nitrogen and oxygen atoms in total. The minimum atomic E-state index is -0.886. The van der Waals surface area contributed by atoms with Crippen LogP contribution in [0.2, 0.25) is 0 Å². The zero-order valence-electron chi connectivity index (χ0n) is 19.2. The lowest BCUT2D eigenvalue weighted by Gasteiger charge is -2.30. The number of anilines is 2. The van der Waals surface area contributed by atoms with Gasteiger partial charge in [-0.05, 0) is 18.2 Å². The fraction of sp³-hybridized carbons (Fsp3) is 0.192. The molecule has 1 fully saturated rings. The summed E-state index contributed by atoms with van der Waals surface area (Å²) in [6.07, 6.45) is -0.886. The number of rotatable bonds is 3. The molecular formula is C26H28N6O3. The predicted octanol–water partition coefficient (Wildman–Crippen LogP) is 2.50. The third-order valence-electron chi connectivity index (χ3n) is 5.64. The standard InChI is InChI=1S/C15H13N3O.C11H15N3O2/c16-14-15(19)17-12-9-5-4-8-11(12)13(18-14)10-6-2-1-3-7-10;12-11(16-13)9-3-1-2-4-10(9)14-5-7-15-8-6-14/h1-9,14H,16H2,(H,17,19);1-4,12H,5-8,13H2. The Morgan fingerprint density at radius 3 is 2.40 bits per heavy atom. The average molecular weight is 473 g/mol. The lowest BCUT2D eigenvalue weighted by molar-refractivity contribution is -0.117. The number of fused-ring (bicyclic) bond motifs is 1. The highest BCUT2D eigenvalue weighted by atomic mass is 16.6. The molecular weight excluding hydrogens is 444 g/mol. The zero-order chi connectivity index (χ0) is 24.6. The van der Waals surface area contributed by atoms with Gasteiger partial charge in [0.15, 0.2) is 6.17 Å². The second-order valence-corrected chi connectivity index (χ2v) is 7.89. The number of carbonyl (C=O) groups is 1. The molecule has 3 aromatic carbocycles. The van der Waals surface area contributed by atoms with Gasteiger partial charge in [0.2, 0.25) is 5.90 Å². The topological polar surface area (TPSA) is 139 Å². The first-order chi connectivity index (χ1) is 17.1. The molecule has 3 aromatic rings. The molecule has 0 aliphatic carbocycles. The van der Waals surface area contributed by atoms with Crippen molar-refractivity contribution in [2.75, 3.05) is 36.5 Å². The lowest BCUT2D eigenvalue weighted by atomic mass is 10.0. The molecule has 0 bridgehead atoms. The monoisotopic (exact) mass is 472 g/mol. The van der Waals surface area contributed by atoms with Crippen LogP contribution in [-0.2, 0) is 14.4 Å². The van der Waals surface area contributed by atoms with Crippen LogP contribution in [0, 0.1) is 5.41 Å². The average Bonchev–Trinajstić information content (AvgIpc) is 3.05. The number of benzodiazepines with no additional fused rings is 1. The number of nitrogens with one attached hydrogen (secondary N) is 2. The van der Waals surface area contributed by atoms with Crippen LogP contribution in [0.5, 0.6) is 0 Å². The Morgan fingerprint density at radius 2 is 1.66 bits per heavy atom. The van der Waals surface area contributed by atoms with Crippen LogP contribution in [0.15, 0.2) is 83.9 Å². The van der Waals surface area contributed by atoms with E-state index in [4.69, 9.17) is 21.8 Å². The summed E-state index contributed by atoms with van der Waals surface area (Å²) in [6.45, 7) is 3.08. The highest BCUT2D eigenvalue weighted by molar-refractivity contribution is 6.19. The first kappa shape index (κ1) is 24.1. The molecule has 1 saturated heterocycles. The Bertz CT molecular complexity index is 1210. The Hall–Kier alpha value is -4.05. The molecule has 35 heavy (non-hydrogen) atoms. The van der Waals surface area contributed by atoms with Crippen molar-refractivity contribution >= 4 is 28.9 Å². The molecule has 2 aliphatic rings. The van der Waals surface area contributed by atoms with Crippen molar-refractivity contribution in [3.63, 3.8) is 0 Å². The quantitative estimate of drug-likeness (QED) is 0.262. The van der Waals surface area contributed by atoms with Crippen LogP contribution in [0.3, 0.4) is 0 Å². The van der Waals surface area contributed by atoms with E-state index < -0.39 is 6.17 Å². The summed E-state index contributed by atoms with van der Waals surface area (Å²) in [4.78, 5) is 22.8. The Kier molecular flexibility index (Phi) is 7.84. The third kappa shape index (κ3) is 5.72. The van der Waals surface area contributed by atoms with Gasteiger partial charge in [0.25, 0.3) is 5.91 Å². The number of nitrogens with zero attached hydrogens (tertiary/aromatic N) is 2. The van der Waals surface area contributed by atoms with Gasteiger partial charge in [0.05, 0.1) is 30.2 Å². The minimum absolute atomic E-state index is 0.0120.